The lowest BCUT2D eigenvalue weighted by atomic mass is 10.1. The highest BCUT2D eigenvalue weighted by molar-refractivity contribution is 9.10. The van der Waals surface area contributed by atoms with Crippen molar-refractivity contribution < 1.29 is 4.79 Å². The molecule has 2 aromatic carbocycles. The minimum absolute atomic E-state index is 0.260. The maximum atomic E-state index is 12.3. The summed E-state index contributed by atoms with van der Waals surface area (Å²) in [5.41, 5.74) is 2.57. The summed E-state index contributed by atoms with van der Waals surface area (Å²) in [5, 5.41) is 19.5. The van der Waals surface area contributed by atoms with Gasteiger partial charge < -0.3 is 5.32 Å². The standard InChI is InChI=1S/C19H15BrN6OS2/c1-11-23-24-19-26(11)25-17(29-19)13-8-6-12(7-9-13)10-21-18(28)22-16(27)14-4-2-3-5-15(14)20/h2-9H,10H2,1H3,(H2,21,22,27,28). The van der Waals surface area contributed by atoms with Crippen LogP contribution in [0.1, 0.15) is 21.7 Å². The van der Waals surface area contributed by atoms with Crippen LogP contribution >= 0.6 is 39.5 Å². The van der Waals surface area contributed by atoms with E-state index in [1.54, 1.807) is 16.6 Å². The molecule has 4 aromatic rings. The summed E-state index contributed by atoms with van der Waals surface area (Å²) >= 11 is 10.1. The van der Waals surface area contributed by atoms with Crippen LogP contribution in [-0.2, 0) is 6.54 Å². The molecule has 2 aromatic heterocycles. The lowest BCUT2D eigenvalue weighted by Crippen LogP contribution is -2.38. The van der Waals surface area contributed by atoms with E-state index in [1.807, 2.05) is 43.3 Å². The molecule has 2 N–H and O–H groups in total. The number of thiocarbonyl (C=S) groups is 1. The molecule has 0 fully saturated rings. The van der Waals surface area contributed by atoms with Crippen molar-refractivity contribution in [1.29, 1.82) is 0 Å². The zero-order valence-electron chi connectivity index (χ0n) is 15.2. The number of nitrogens with one attached hydrogen (secondary N) is 2. The van der Waals surface area contributed by atoms with E-state index < -0.39 is 0 Å². The molecule has 0 saturated heterocycles. The molecule has 0 unspecified atom stereocenters. The largest absolute Gasteiger partial charge is 0.358 e. The smallest absolute Gasteiger partial charge is 0.258 e. The predicted octanol–water partition coefficient (Wildman–Crippen LogP) is 3.73. The Kier molecular flexibility index (Phi) is 5.65. The van der Waals surface area contributed by atoms with Crippen LogP contribution in [0.15, 0.2) is 53.0 Å². The second-order valence-corrected chi connectivity index (χ2v) is 8.38. The summed E-state index contributed by atoms with van der Waals surface area (Å²) in [5.74, 6) is 0.505. The molecule has 0 atom stereocenters. The first-order valence-corrected chi connectivity index (χ1v) is 10.6. The minimum Gasteiger partial charge on any atom is -0.358 e. The Hall–Kier alpha value is -2.69. The van der Waals surface area contributed by atoms with Crippen molar-refractivity contribution in [2.45, 2.75) is 13.5 Å². The van der Waals surface area contributed by atoms with Crippen molar-refractivity contribution in [3.05, 3.63) is 70.0 Å². The Morgan fingerprint density at radius 1 is 1.17 bits per heavy atom. The van der Waals surface area contributed by atoms with Crippen LogP contribution in [0.3, 0.4) is 0 Å². The number of amides is 1. The molecule has 2 heterocycles. The van der Waals surface area contributed by atoms with Gasteiger partial charge in [0.15, 0.2) is 10.9 Å². The Morgan fingerprint density at radius 3 is 2.66 bits per heavy atom. The fourth-order valence-corrected chi connectivity index (χ4v) is 4.16. The number of aryl methyl sites for hydroxylation is 1. The highest BCUT2D eigenvalue weighted by Gasteiger charge is 2.12. The van der Waals surface area contributed by atoms with Crippen molar-refractivity contribution in [1.82, 2.24) is 30.4 Å². The van der Waals surface area contributed by atoms with Gasteiger partial charge in [0, 0.05) is 16.6 Å². The van der Waals surface area contributed by atoms with E-state index >= 15 is 0 Å². The van der Waals surface area contributed by atoms with E-state index in [2.05, 4.69) is 41.9 Å². The topological polar surface area (TPSA) is 84.2 Å². The molecular formula is C19H15BrN6OS2. The van der Waals surface area contributed by atoms with Gasteiger partial charge in [-0.3, -0.25) is 10.1 Å². The van der Waals surface area contributed by atoms with Crippen LogP contribution in [-0.4, -0.2) is 30.8 Å². The fraction of sp³-hybridized carbons (Fsp3) is 0.105. The first-order valence-electron chi connectivity index (χ1n) is 8.63. The number of nitrogens with zero attached hydrogens (tertiary/aromatic N) is 4. The average Bonchev–Trinajstić information content (AvgIpc) is 3.29. The molecule has 7 nitrogen and oxygen atoms in total. The van der Waals surface area contributed by atoms with Crippen molar-refractivity contribution in [2.75, 3.05) is 0 Å². The van der Waals surface area contributed by atoms with Gasteiger partial charge in [-0.15, -0.1) is 10.2 Å². The molecular weight excluding hydrogens is 472 g/mol. The summed E-state index contributed by atoms with van der Waals surface area (Å²) in [6, 6.07) is 15.2. The van der Waals surface area contributed by atoms with Crippen LogP contribution in [0.2, 0.25) is 0 Å². The van der Waals surface area contributed by atoms with Gasteiger partial charge in [0.05, 0.1) is 5.56 Å². The lowest BCUT2D eigenvalue weighted by molar-refractivity contribution is 0.0976. The van der Waals surface area contributed by atoms with Gasteiger partial charge in [0.25, 0.3) is 5.91 Å². The molecule has 146 valence electrons. The van der Waals surface area contributed by atoms with E-state index in [9.17, 15) is 4.79 Å². The summed E-state index contributed by atoms with van der Waals surface area (Å²) in [4.78, 5) is 13.1. The number of halogens is 1. The van der Waals surface area contributed by atoms with Crippen LogP contribution in [0.25, 0.3) is 15.5 Å². The third-order valence-electron chi connectivity index (χ3n) is 4.15. The molecule has 0 aliphatic rings. The van der Waals surface area contributed by atoms with Crippen LogP contribution in [0.4, 0.5) is 0 Å². The first kappa shape index (κ1) is 19.6. The van der Waals surface area contributed by atoms with Gasteiger partial charge in [0.2, 0.25) is 4.96 Å². The summed E-state index contributed by atoms with van der Waals surface area (Å²) in [7, 11) is 0. The first-order chi connectivity index (χ1) is 14.0. The number of rotatable bonds is 4. The second kappa shape index (κ2) is 8.36. The molecule has 0 saturated carbocycles. The number of carbonyl (C=O) groups excluding carboxylic acids is 1. The molecule has 0 radical (unpaired) electrons. The minimum atomic E-state index is -0.260. The Morgan fingerprint density at radius 2 is 1.93 bits per heavy atom. The van der Waals surface area contributed by atoms with Crippen molar-refractivity contribution in [3.8, 4) is 10.6 Å². The third kappa shape index (κ3) is 4.34. The highest BCUT2D eigenvalue weighted by atomic mass is 79.9. The quantitative estimate of drug-likeness (QED) is 0.427. The number of carbonyl (C=O) groups is 1. The zero-order chi connectivity index (χ0) is 20.4. The van der Waals surface area contributed by atoms with Gasteiger partial charge in [-0.25, -0.2) is 0 Å². The van der Waals surface area contributed by atoms with Gasteiger partial charge in [0.1, 0.15) is 5.01 Å². The molecule has 0 spiro atoms. The van der Waals surface area contributed by atoms with Crippen LogP contribution < -0.4 is 10.6 Å². The number of aromatic nitrogens is 4. The highest BCUT2D eigenvalue weighted by Crippen LogP contribution is 2.25. The molecule has 0 bridgehead atoms. The molecule has 0 aliphatic carbocycles. The maximum absolute atomic E-state index is 12.3. The van der Waals surface area contributed by atoms with Crippen molar-refractivity contribution in [3.63, 3.8) is 0 Å². The van der Waals surface area contributed by atoms with Crippen LogP contribution in [0, 0.1) is 6.92 Å². The average molecular weight is 487 g/mol. The summed E-state index contributed by atoms with van der Waals surface area (Å²) < 4.78 is 2.46. The van der Waals surface area contributed by atoms with E-state index in [1.165, 1.54) is 11.3 Å². The van der Waals surface area contributed by atoms with Gasteiger partial charge in [-0.1, -0.05) is 47.7 Å². The third-order valence-corrected chi connectivity index (χ3v) is 6.03. The van der Waals surface area contributed by atoms with Gasteiger partial charge >= 0.3 is 0 Å². The maximum Gasteiger partial charge on any atom is 0.258 e. The predicted molar refractivity (Wildman–Crippen MR) is 120 cm³/mol. The number of hydrogen-bond donors (Lipinski definition) is 2. The normalized spacial score (nSPS) is 10.8. The second-order valence-electron chi connectivity index (χ2n) is 6.16. The number of fused-ring (bicyclic) bond motifs is 1. The van der Waals surface area contributed by atoms with Gasteiger partial charge in [-0.2, -0.15) is 9.61 Å². The molecule has 4 rings (SSSR count). The van der Waals surface area contributed by atoms with Gasteiger partial charge in [-0.05, 0) is 52.8 Å². The zero-order valence-corrected chi connectivity index (χ0v) is 18.4. The molecule has 1 amide bonds. The SMILES string of the molecule is Cc1nnc2sc(-c3ccc(CNC(=S)NC(=O)c4ccccc4Br)cc3)nn12. The van der Waals surface area contributed by atoms with Crippen molar-refractivity contribution >= 4 is 55.5 Å². The van der Waals surface area contributed by atoms with E-state index in [0.717, 1.165) is 31.4 Å². The Balaban J connectivity index is 1.36. The lowest BCUT2D eigenvalue weighted by Gasteiger charge is -2.10. The Bertz CT molecular complexity index is 1200. The fourth-order valence-electron chi connectivity index (χ4n) is 2.64. The molecule has 0 aliphatic heterocycles. The number of benzene rings is 2. The van der Waals surface area contributed by atoms with E-state index in [4.69, 9.17) is 12.2 Å². The van der Waals surface area contributed by atoms with Crippen LogP contribution in [0.5, 0.6) is 0 Å². The van der Waals surface area contributed by atoms with E-state index in [-0.39, 0.29) is 11.0 Å². The summed E-state index contributed by atoms with van der Waals surface area (Å²) in [6.07, 6.45) is 0. The molecule has 29 heavy (non-hydrogen) atoms. The van der Waals surface area contributed by atoms with Crippen molar-refractivity contribution in [2.24, 2.45) is 0 Å². The van der Waals surface area contributed by atoms with E-state index in [0.29, 0.717) is 12.1 Å². The monoisotopic (exact) mass is 486 g/mol. The Labute approximate surface area is 184 Å². The molecule has 10 heteroatoms. The summed E-state index contributed by atoms with van der Waals surface area (Å²) in [6.45, 7) is 2.37. The number of hydrogen-bond acceptors (Lipinski definition) is 6.